The summed E-state index contributed by atoms with van der Waals surface area (Å²) in [7, 11) is 0. The fraction of sp³-hybridized carbons (Fsp3) is 0.222. The van der Waals surface area contributed by atoms with Gasteiger partial charge < -0.3 is 10.1 Å². The minimum absolute atomic E-state index is 0.142. The van der Waals surface area contributed by atoms with Crippen molar-refractivity contribution in [1.29, 1.82) is 0 Å². The molecule has 0 saturated heterocycles. The maximum atomic E-state index is 11.9. The zero-order valence-electron chi connectivity index (χ0n) is 12.7. The highest BCUT2D eigenvalue weighted by molar-refractivity contribution is 5.92. The molecular formula is C18H19NO3. The highest BCUT2D eigenvalue weighted by Gasteiger charge is 2.07. The van der Waals surface area contributed by atoms with Crippen LogP contribution in [0, 0.1) is 0 Å². The van der Waals surface area contributed by atoms with Crippen LogP contribution in [0.2, 0.25) is 0 Å². The smallest absolute Gasteiger partial charge is 0.262 e. The zero-order chi connectivity index (χ0) is 15.9. The molecule has 0 spiro atoms. The lowest BCUT2D eigenvalue weighted by molar-refractivity contribution is -0.118. The van der Waals surface area contributed by atoms with Gasteiger partial charge in [-0.1, -0.05) is 38.1 Å². The van der Waals surface area contributed by atoms with Gasteiger partial charge in [0.1, 0.15) is 5.75 Å². The number of carbonyl (C=O) groups excluding carboxylic acids is 2. The number of amides is 1. The van der Waals surface area contributed by atoms with Crippen LogP contribution in [0.3, 0.4) is 0 Å². The molecule has 0 aliphatic carbocycles. The lowest BCUT2D eigenvalue weighted by Crippen LogP contribution is -2.20. The van der Waals surface area contributed by atoms with Crippen LogP contribution in [0.15, 0.2) is 48.5 Å². The van der Waals surface area contributed by atoms with Crippen molar-refractivity contribution in [2.45, 2.75) is 19.8 Å². The standard InChI is InChI=1S/C18H19NO3/c1-13(2)14-7-5-8-16(10-14)19-18(21)12-22-17-9-4-3-6-15(17)11-20/h3-11,13H,12H2,1-2H3,(H,19,21). The van der Waals surface area contributed by atoms with Crippen molar-refractivity contribution in [3.63, 3.8) is 0 Å². The molecule has 0 aliphatic rings. The van der Waals surface area contributed by atoms with E-state index in [0.29, 0.717) is 23.5 Å². The average molecular weight is 297 g/mol. The van der Waals surface area contributed by atoms with Gasteiger partial charge in [0, 0.05) is 5.69 Å². The number of carbonyl (C=O) groups is 2. The first-order valence-electron chi connectivity index (χ1n) is 7.17. The Morgan fingerprint density at radius 1 is 1.18 bits per heavy atom. The molecule has 4 nitrogen and oxygen atoms in total. The molecule has 0 aromatic heterocycles. The fourth-order valence-corrected chi connectivity index (χ4v) is 2.03. The monoisotopic (exact) mass is 297 g/mol. The van der Waals surface area contributed by atoms with Crippen LogP contribution < -0.4 is 10.1 Å². The van der Waals surface area contributed by atoms with Crippen LogP contribution in [0.1, 0.15) is 35.7 Å². The Hall–Kier alpha value is -2.62. The molecule has 0 heterocycles. The summed E-state index contributed by atoms with van der Waals surface area (Å²) in [6.45, 7) is 4.05. The van der Waals surface area contributed by atoms with Crippen molar-refractivity contribution in [1.82, 2.24) is 0 Å². The topological polar surface area (TPSA) is 55.4 Å². The van der Waals surface area contributed by atoms with E-state index in [4.69, 9.17) is 4.74 Å². The summed E-state index contributed by atoms with van der Waals surface area (Å²) < 4.78 is 5.40. The molecule has 2 aromatic rings. The van der Waals surface area contributed by atoms with Crippen molar-refractivity contribution in [3.05, 3.63) is 59.7 Å². The minimum Gasteiger partial charge on any atom is -0.483 e. The molecule has 2 aromatic carbocycles. The van der Waals surface area contributed by atoms with E-state index in [9.17, 15) is 9.59 Å². The molecule has 0 unspecified atom stereocenters. The van der Waals surface area contributed by atoms with Gasteiger partial charge >= 0.3 is 0 Å². The maximum Gasteiger partial charge on any atom is 0.262 e. The van der Waals surface area contributed by atoms with Crippen molar-refractivity contribution < 1.29 is 14.3 Å². The third kappa shape index (κ3) is 4.19. The molecule has 0 radical (unpaired) electrons. The third-order valence-electron chi connectivity index (χ3n) is 3.24. The van der Waals surface area contributed by atoms with Crippen LogP contribution in [0.25, 0.3) is 0 Å². The van der Waals surface area contributed by atoms with Crippen LogP contribution >= 0.6 is 0 Å². The second-order valence-corrected chi connectivity index (χ2v) is 5.27. The molecule has 1 N–H and O–H groups in total. The Kier molecular flexibility index (Phi) is 5.31. The van der Waals surface area contributed by atoms with Gasteiger partial charge in [0.2, 0.25) is 0 Å². The van der Waals surface area contributed by atoms with E-state index < -0.39 is 0 Å². The molecule has 1 amide bonds. The lowest BCUT2D eigenvalue weighted by Gasteiger charge is -2.11. The van der Waals surface area contributed by atoms with Crippen LogP contribution in [0.5, 0.6) is 5.75 Å². The van der Waals surface area contributed by atoms with Gasteiger partial charge in [-0.25, -0.2) is 0 Å². The predicted molar refractivity (Wildman–Crippen MR) is 86.5 cm³/mol. The number of nitrogens with one attached hydrogen (secondary N) is 1. The number of hydrogen-bond donors (Lipinski definition) is 1. The molecule has 2 rings (SSSR count). The molecular weight excluding hydrogens is 278 g/mol. The Labute approximate surface area is 130 Å². The summed E-state index contributed by atoms with van der Waals surface area (Å²) in [5.41, 5.74) is 2.32. The van der Waals surface area contributed by atoms with Crippen molar-refractivity contribution >= 4 is 17.9 Å². The predicted octanol–water partition coefficient (Wildman–Crippen LogP) is 3.64. The molecule has 114 valence electrons. The summed E-state index contributed by atoms with van der Waals surface area (Å²) in [5, 5.41) is 2.79. The number of rotatable bonds is 6. The van der Waals surface area contributed by atoms with Gasteiger partial charge in [0.25, 0.3) is 5.91 Å². The van der Waals surface area contributed by atoms with Crippen LogP contribution in [-0.2, 0) is 4.79 Å². The van der Waals surface area contributed by atoms with E-state index in [2.05, 4.69) is 19.2 Å². The minimum atomic E-state index is -0.262. The van der Waals surface area contributed by atoms with E-state index in [1.165, 1.54) is 0 Å². The summed E-state index contributed by atoms with van der Waals surface area (Å²) in [5.74, 6) is 0.540. The number of benzene rings is 2. The van der Waals surface area contributed by atoms with Crippen LogP contribution in [-0.4, -0.2) is 18.8 Å². The Morgan fingerprint density at radius 2 is 1.95 bits per heavy atom. The molecule has 0 bridgehead atoms. The Bertz CT molecular complexity index is 665. The molecule has 0 aliphatic heterocycles. The van der Waals surface area contributed by atoms with E-state index in [1.54, 1.807) is 24.3 Å². The summed E-state index contributed by atoms with van der Waals surface area (Å²) in [4.78, 5) is 22.8. The molecule has 0 saturated carbocycles. The van der Waals surface area contributed by atoms with E-state index in [-0.39, 0.29) is 12.5 Å². The van der Waals surface area contributed by atoms with Crippen molar-refractivity contribution in [3.8, 4) is 5.75 Å². The SMILES string of the molecule is CC(C)c1cccc(NC(=O)COc2ccccc2C=O)c1. The van der Waals surface area contributed by atoms with Gasteiger partial charge in [-0.3, -0.25) is 9.59 Å². The normalized spacial score (nSPS) is 10.3. The highest BCUT2D eigenvalue weighted by Crippen LogP contribution is 2.19. The summed E-state index contributed by atoms with van der Waals surface area (Å²) in [6.07, 6.45) is 0.708. The number of para-hydroxylation sites is 1. The molecule has 0 atom stereocenters. The first kappa shape index (κ1) is 15.8. The maximum absolute atomic E-state index is 11.9. The van der Waals surface area contributed by atoms with E-state index >= 15 is 0 Å². The number of anilines is 1. The first-order valence-corrected chi connectivity index (χ1v) is 7.17. The lowest BCUT2D eigenvalue weighted by atomic mass is 10.0. The highest BCUT2D eigenvalue weighted by atomic mass is 16.5. The van der Waals surface area contributed by atoms with Crippen LogP contribution in [0.4, 0.5) is 5.69 Å². The molecule has 4 heteroatoms. The van der Waals surface area contributed by atoms with Gasteiger partial charge in [-0.05, 0) is 35.7 Å². The van der Waals surface area contributed by atoms with Gasteiger partial charge in [-0.2, -0.15) is 0 Å². The van der Waals surface area contributed by atoms with Crippen molar-refractivity contribution in [2.24, 2.45) is 0 Å². The molecule has 22 heavy (non-hydrogen) atoms. The van der Waals surface area contributed by atoms with E-state index in [1.807, 2.05) is 24.3 Å². The van der Waals surface area contributed by atoms with E-state index in [0.717, 1.165) is 11.3 Å². The summed E-state index contributed by atoms with van der Waals surface area (Å²) >= 11 is 0. The number of hydrogen-bond acceptors (Lipinski definition) is 3. The van der Waals surface area contributed by atoms with Gasteiger partial charge in [0.15, 0.2) is 12.9 Å². The molecule has 0 fully saturated rings. The first-order chi connectivity index (χ1) is 10.6. The van der Waals surface area contributed by atoms with Gasteiger partial charge in [-0.15, -0.1) is 0 Å². The fourth-order valence-electron chi connectivity index (χ4n) is 2.03. The zero-order valence-corrected chi connectivity index (χ0v) is 12.7. The number of ether oxygens (including phenoxy) is 1. The quantitative estimate of drug-likeness (QED) is 0.828. The summed E-state index contributed by atoms with van der Waals surface area (Å²) in [6, 6.07) is 14.5. The second-order valence-electron chi connectivity index (χ2n) is 5.27. The average Bonchev–Trinajstić information content (AvgIpc) is 2.53. The second kappa shape index (κ2) is 7.41. The Morgan fingerprint density at radius 3 is 2.68 bits per heavy atom. The van der Waals surface area contributed by atoms with Gasteiger partial charge in [0.05, 0.1) is 5.56 Å². The number of aldehydes is 1. The Balaban J connectivity index is 1.96. The third-order valence-corrected chi connectivity index (χ3v) is 3.24. The van der Waals surface area contributed by atoms with Crippen molar-refractivity contribution in [2.75, 3.05) is 11.9 Å². The largest absolute Gasteiger partial charge is 0.483 e.